The van der Waals surface area contributed by atoms with Crippen LogP contribution in [0.2, 0.25) is 0 Å². The van der Waals surface area contributed by atoms with Crippen LogP contribution in [0.25, 0.3) is 0 Å². The summed E-state index contributed by atoms with van der Waals surface area (Å²) in [5.41, 5.74) is 0.979. The van der Waals surface area contributed by atoms with E-state index in [2.05, 4.69) is 15.6 Å². The van der Waals surface area contributed by atoms with Gasteiger partial charge in [-0.15, -0.1) is 5.10 Å². The van der Waals surface area contributed by atoms with Crippen LogP contribution in [-0.2, 0) is 11.2 Å². The molecule has 0 radical (unpaired) electrons. The third-order valence-electron chi connectivity index (χ3n) is 4.60. The van der Waals surface area contributed by atoms with Crippen molar-refractivity contribution in [3.8, 4) is 0 Å². The lowest BCUT2D eigenvalue weighted by atomic mass is 10.0. The topological polar surface area (TPSA) is 80.1 Å². The second-order valence-electron chi connectivity index (χ2n) is 7.13. The number of hydrogen-bond acceptors (Lipinski definition) is 4. The lowest BCUT2D eigenvalue weighted by Gasteiger charge is -2.32. The lowest BCUT2D eigenvalue weighted by Crippen LogP contribution is -2.40. The fourth-order valence-electron chi connectivity index (χ4n) is 3.21. The Morgan fingerprint density at radius 2 is 2.04 bits per heavy atom. The molecule has 2 aromatic rings. The largest absolute Gasteiger partial charge is 0.348 e. The van der Waals surface area contributed by atoms with E-state index in [1.807, 2.05) is 13.8 Å². The summed E-state index contributed by atoms with van der Waals surface area (Å²) >= 11 is 0. The molecule has 0 aliphatic carbocycles. The number of nitrogens with one attached hydrogen (secondary N) is 1. The normalized spacial score (nSPS) is 15.2. The maximum absolute atomic E-state index is 13.3. The highest BCUT2D eigenvalue weighted by molar-refractivity contribution is 5.92. The Morgan fingerprint density at radius 3 is 2.70 bits per heavy atom. The molecule has 0 bridgehead atoms. The molecule has 1 fully saturated rings. The molecule has 2 amide bonds. The molecule has 27 heavy (non-hydrogen) atoms. The molecule has 8 heteroatoms. The van der Waals surface area contributed by atoms with Gasteiger partial charge in [-0.1, -0.05) is 17.3 Å². The lowest BCUT2D eigenvalue weighted by molar-refractivity contribution is -0.131. The molecule has 1 aliphatic heterocycles. The van der Waals surface area contributed by atoms with Gasteiger partial charge in [-0.3, -0.25) is 9.59 Å². The minimum Gasteiger partial charge on any atom is -0.348 e. The second-order valence-corrected chi connectivity index (χ2v) is 7.13. The first kappa shape index (κ1) is 19.0. The van der Waals surface area contributed by atoms with Gasteiger partial charge in [0, 0.05) is 19.1 Å². The van der Waals surface area contributed by atoms with Crippen molar-refractivity contribution in [1.82, 2.24) is 25.2 Å². The molecule has 0 unspecified atom stereocenters. The van der Waals surface area contributed by atoms with E-state index in [0.717, 1.165) is 12.8 Å². The van der Waals surface area contributed by atoms with E-state index >= 15 is 0 Å². The summed E-state index contributed by atoms with van der Waals surface area (Å²) < 4.78 is 15.0. The highest BCUT2D eigenvalue weighted by Crippen LogP contribution is 2.22. The van der Waals surface area contributed by atoms with Gasteiger partial charge in [-0.05, 0) is 44.4 Å². The van der Waals surface area contributed by atoms with Crippen molar-refractivity contribution in [2.75, 3.05) is 13.1 Å². The van der Waals surface area contributed by atoms with E-state index in [0.29, 0.717) is 24.3 Å². The van der Waals surface area contributed by atoms with Crippen LogP contribution < -0.4 is 5.32 Å². The SMILES string of the molecule is CC(C)NC(=O)c1cn(C2CCN(C(=O)Cc3cccc(F)c3)CC2)nn1. The van der Waals surface area contributed by atoms with Gasteiger partial charge in [0.05, 0.1) is 18.7 Å². The summed E-state index contributed by atoms with van der Waals surface area (Å²) in [7, 11) is 0. The first-order chi connectivity index (χ1) is 12.9. The zero-order valence-corrected chi connectivity index (χ0v) is 15.6. The van der Waals surface area contributed by atoms with E-state index in [1.54, 1.807) is 27.9 Å². The van der Waals surface area contributed by atoms with Crippen LogP contribution >= 0.6 is 0 Å². The maximum Gasteiger partial charge on any atom is 0.273 e. The summed E-state index contributed by atoms with van der Waals surface area (Å²) in [6.07, 6.45) is 3.34. The van der Waals surface area contributed by atoms with Gasteiger partial charge in [0.25, 0.3) is 5.91 Å². The number of benzene rings is 1. The molecule has 2 heterocycles. The van der Waals surface area contributed by atoms with E-state index in [-0.39, 0.29) is 36.1 Å². The Labute approximate surface area is 157 Å². The minimum absolute atomic E-state index is 0.00496. The van der Waals surface area contributed by atoms with Gasteiger partial charge in [-0.25, -0.2) is 9.07 Å². The molecule has 0 atom stereocenters. The van der Waals surface area contributed by atoms with Crippen LogP contribution in [0, 0.1) is 5.82 Å². The van der Waals surface area contributed by atoms with Crippen LogP contribution in [0.4, 0.5) is 4.39 Å². The Kier molecular flexibility index (Phi) is 5.83. The number of halogens is 1. The van der Waals surface area contributed by atoms with Gasteiger partial charge in [0.1, 0.15) is 5.82 Å². The number of carbonyl (C=O) groups excluding carboxylic acids is 2. The van der Waals surface area contributed by atoms with Gasteiger partial charge < -0.3 is 10.2 Å². The van der Waals surface area contributed by atoms with Crippen LogP contribution in [-0.4, -0.2) is 50.8 Å². The highest BCUT2D eigenvalue weighted by Gasteiger charge is 2.25. The molecular formula is C19H24FN5O2. The minimum atomic E-state index is -0.331. The molecule has 1 aromatic carbocycles. The molecule has 1 saturated heterocycles. The third kappa shape index (κ3) is 4.90. The number of nitrogens with zero attached hydrogens (tertiary/aromatic N) is 4. The fraction of sp³-hybridized carbons (Fsp3) is 0.474. The number of hydrogen-bond donors (Lipinski definition) is 1. The zero-order valence-electron chi connectivity index (χ0n) is 15.6. The van der Waals surface area contributed by atoms with Crippen molar-refractivity contribution in [2.45, 2.75) is 45.2 Å². The van der Waals surface area contributed by atoms with Crippen molar-refractivity contribution in [1.29, 1.82) is 0 Å². The summed E-state index contributed by atoms with van der Waals surface area (Å²) in [4.78, 5) is 26.2. The predicted molar refractivity (Wildman–Crippen MR) is 97.6 cm³/mol. The Morgan fingerprint density at radius 1 is 1.30 bits per heavy atom. The van der Waals surface area contributed by atoms with Crippen LogP contribution in [0.3, 0.4) is 0 Å². The first-order valence-corrected chi connectivity index (χ1v) is 9.17. The number of likely N-dealkylation sites (tertiary alicyclic amines) is 1. The van der Waals surface area contributed by atoms with Crippen LogP contribution in [0.15, 0.2) is 30.5 Å². The Bertz CT molecular complexity index is 812. The van der Waals surface area contributed by atoms with Crippen molar-refractivity contribution in [3.05, 3.63) is 47.5 Å². The monoisotopic (exact) mass is 373 g/mol. The van der Waals surface area contributed by atoms with Crippen LogP contribution in [0.5, 0.6) is 0 Å². The van der Waals surface area contributed by atoms with E-state index < -0.39 is 0 Å². The van der Waals surface area contributed by atoms with E-state index in [4.69, 9.17) is 0 Å². The summed E-state index contributed by atoms with van der Waals surface area (Å²) in [6.45, 7) is 4.98. The van der Waals surface area contributed by atoms with Gasteiger partial charge >= 0.3 is 0 Å². The van der Waals surface area contributed by atoms with Crippen molar-refractivity contribution >= 4 is 11.8 Å². The molecule has 1 aromatic heterocycles. The van der Waals surface area contributed by atoms with E-state index in [9.17, 15) is 14.0 Å². The fourth-order valence-corrected chi connectivity index (χ4v) is 3.21. The smallest absolute Gasteiger partial charge is 0.273 e. The molecule has 7 nitrogen and oxygen atoms in total. The molecular weight excluding hydrogens is 349 g/mol. The Balaban J connectivity index is 1.53. The molecule has 1 N–H and O–H groups in total. The average Bonchev–Trinajstić information content (AvgIpc) is 3.11. The number of piperidine rings is 1. The Hall–Kier alpha value is -2.77. The number of rotatable bonds is 5. The third-order valence-corrected chi connectivity index (χ3v) is 4.60. The molecule has 1 aliphatic rings. The van der Waals surface area contributed by atoms with Crippen LogP contribution in [0.1, 0.15) is 48.8 Å². The van der Waals surface area contributed by atoms with E-state index in [1.165, 1.54) is 12.1 Å². The molecule has 3 rings (SSSR count). The first-order valence-electron chi connectivity index (χ1n) is 9.17. The zero-order chi connectivity index (χ0) is 19.4. The van der Waals surface area contributed by atoms with Crippen molar-refractivity contribution in [3.63, 3.8) is 0 Å². The maximum atomic E-state index is 13.3. The number of amides is 2. The van der Waals surface area contributed by atoms with Crippen molar-refractivity contribution < 1.29 is 14.0 Å². The quantitative estimate of drug-likeness (QED) is 0.869. The number of aromatic nitrogens is 3. The predicted octanol–water partition coefficient (Wildman–Crippen LogP) is 1.96. The van der Waals surface area contributed by atoms with Gasteiger partial charge in [0.15, 0.2) is 5.69 Å². The summed E-state index contributed by atoms with van der Waals surface area (Å²) in [5.74, 6) is -0.573. The highest BCUT2D eigenvalue weighted by atomic mass is 19.1. The average molecular weight is 373 g/mol. The summed E-state index contributed by atoms with van der Waals surface area (Å²) in [6, 6.07) is 6.28. The number of carbonyl (C=O) groups is 2. The second kappa shape index (κ2) is 8.28. The van der Waals surface area contributed by atoms with Gasteiger partial charge in [-0.2, -0.15) is 0 Å². The van der Waals surface area contributed by atoms with Gasteiger partial charge in [0.2, 0.25) is 5.91 Å². The van der Waals surface area contributed by atoms with Crippen molar-refractivity contribution in [2.24, 2.45) is 0 Å². The standard InChI is InChI=1S/C19H24FN5O2/c1-13(2)21-19(27)17-12-25(23-22-17)16-6-8-24(9-7-16)18(26)11-14-4-3-5-15(20)10-14/h3-5,10,12-13,16H,6-9,11H2,1-2H3,(H,21,27). The molecule has 144 valence electrons. The summed E-state index contributed by atoms with van der Waals surface area (Å²) in [5, 5.41) is 10.8. The molecule has 0 saturated carbocycles. The molecule has 0 spiro atoms.